The Morgan fingerprint density at radius 2 is 1.79 bits per heavy atom. The monoisotopic (exact) mass is 645 g/mol. The lowest BCUT2D eigenvalue weighted by atomic mass is 10.0. The van der Waals surface area contributed by atoms with Gasteiger partial charge >= 0.3 is 6.18 Å². The van der Waals surface area contributed by atoms with Gasteiger partial charge in [-0.15, -0.1) is 0 Å². The highest BCUT2D eigenvalue weighted by Gasteiger charge is 2.35. The maximum absolute atomic E-state index is 15.8. The summed E-state index contributed by atoms with van der Waals surface area (Å²) in [7, 11) is 1.16. The van der Waals surface area contributed by atoms with E-state index < -0.39 is 46.7 Å². The predicted molar refractivity (Wildman–Crippen MR) is 155 cm³/mol. The van der Waals surface area contributed by atoms with Gasteiger partial charge in [0.1, 0.15) is 17.8 Å². The second-order valence-corrected chi connectivity index (χ2v) is 11.3. The van der Waals surface area contributed by atoms with Gasteiger partial charge in [0.25, 0.3) is 5.91 Å². The number of carbonyl (C=O) groups is 2. The molecule has 4 rings (SSSR count). The maximum Gasteiger partial charge on any atom is 0.406 e. The molecule has 3 N–H and O–H groups in total. The van der Waals surface area contributed by atoms with Gasteiger partial charge in [-0.25, -0.2) is 4.39 Å². The summed E-state index contributed by atoms with van der Waals surface area (Å²) in [5, 5.41) is 2.60. The van der Waals surface area contributed by atoms with Crippen LogP contribution in [0.4, 0.5) is 23.2 Å². The standard InChI is InChI=1S/C28H29Cl2F4N5O4/c1-14-9-37(10-15(2)39(14)12-22(35)40)24-21(31)7-18-23(26(24)43-3)38(13-28(32,33)34)11-19(25(18)41)27(42)36-8-16-4-5-17(29)6-20(16)30/h4-7,11,14-15H,8-10,12-13H2,1-3H3,(H2,35,40)(H,36,42)/t14-,15+. The van der Waals surface area contributed by atoms with E-state index in [1.807, 2.05) is 4.90 Å². The quantitative estimate of drug-likeness (QED) is 0.353. The van der Waals surface area contributed by atoms with Gasteiger partial charge in [-0.1, -0.05) is 29.3 Å². The summed E-state index contributed by atoms with van der Waals surface area (Å²) < 4.78 is 63.3. The molecule has 1 aromatic heterocycles. The Labute approximate surface area is 254 Å². The minimum absolute atomic E-state index is 0.0201. The number of ether oxygens (including phenoxy) is 1. The lowest BCUT2D eigenvalue weighted by molar-refractivity contribution is -0.140. The van der Waals surface area contributed by atoms with Crippen LogP contribution in [0.2, 0.25) is 10.0 Å². The summed E-state index contributed by atoms with van der Waals surface area (Å²) in [6, 6.07) is 4.78. The molecule has 43 heavy (non-hydrogen) atoms. The van der Waals surface area contributed by atoms with Crippen molar-refractivity contribution >= 4 is 51.6 Å². The van der Waals surface area contributed by atoms with E-state index in [4.69, 9.17) is 33.7 Å². The van der Waals surface area contributed by atoms with Crippen molar-refractivity contribution in [3.8, 4) is 5.75 Å². The van der Waals surface area contributed by atoms with Crippen LogP contribution in [0.1, 0.15) is 29.8 Å². The summed E-state index contributed by atoms with van der Waals surface area (Å²) in [5.41, 5.74) is 3.74. The lowest BCUT2D eigenvalue weighted by Gasteiger charge is -2.45. The number of methoxy groups -OCH3 is 1. The Kier molecular flexibility index (Phi) is 9.48. The summed E-state index contributed by atoms with van der Waals surface area (Å²) >= 11 is 12.0. The molecule has 1 aliphatic heterocycles. The number of nitrogens with one attached hydrogen (secondary N) is 1. The largest absolute Gasteiger partial charge is 0.492 e. The first kappa shape index (κ1) is 32.4. The highest BCUT2D eigenvalue weighted by molar-refractivity contribution is 6.35. The van der Waals surface area contributed by atoms with Crippen molar-refractivity contribution in [2.75, 3.05) is 31.6 Å². The van der Waals surface area contributed by atoms with Gasteiger partial charge < -0.3 is 25.3 Å². The number of primary amides is 1. The topological polar surface area (TPSA) is 110 Å². The van der Waals surface area contributed by atoms with Crippen LogP contribution in [0.15, 0.2) is 35.3 Å². The molecule has 2 heterocycles. The minimum Gasteiger partial charge on any atom is -0.492 e. The number of rotatable bonds is 8. The molecule has 1 fully saturated rings. The fraction of sp³-hybridized carbons (Fsp3) is 0.393. The van der Waals surface area contributed by atoms with Gasteiger partial charge in [0.2, 0.25) is 11.3 Å². The second-order valence-electron chi connectivity index (χ2n) is 10.4. The number of halogens is 6. The number of carbonyl (C=O) groups excluding carboxylic acids is 2. The predicted octanol–water partition coefficient (Wildman–Crippen LogP) is 4.33. The second kappa shape index (κ2) is 12.6. The number of nitrogens with zero attached hydrogens (tertiary/aromatic N) is 3. The third-order valence-corrected chi connectivity index (χ3v) is 7.84. The average Bonchev–Trinajstić information content (AvgIpc) is 2.90. The minimum atomic E-state index is -4.77. The molecule has 0 saturated carbocycles. The molecule has 9 nitrogen and oxygen atoms in total. The molecular formula is C28H29Cl2F4N5O4. The van der Waals surface area contributed by atoms with E-state index in [2.05, 4.69) is 5.32 Å². The highest BCUT2D eigenvalue weighted by atomic mass is 35.5. The molecule has 0 spiro atoms. The Morgan fingerprint density at radius 3 is 2.35 bits per heavy atom. The molecule has 232 valence electrons. The normalized spacial score (nSPS) is 17.7. The SMILES string of the molecule is COc1c(N2C[C@@H](C)N(CC(N)=O)[C@@H](C)C2)c(F)cc2c(=O)c(C(=O)NCc3ccc(Cl)cc3Cl)cn(CC(F)(F)F)c12. The van der Waals surface area contributed by atoms with Crippen LogP contribution in [0, 0.1) is 5.82 Å². The zero-order valence-electron chi connectivity index (χ0n) is 23.4. The molecule has 1 aliphatic rings. The van der Waals surface area contributed by atoms with Crippen molar-refractivity contribution in [1.82, 2.24) is 14.8 Å². The Bertz CT molecular complexity index is 1620. The number of pyridine rings is 1. The van der Waals surface area contributed by atoms with Crippen LogP contribution >= 0.6 is 23.2 Å². The van der Waals surface area contributed by atoms with Crippen LogP contribution in [-0.4, -0.2) is 66.3 Å². The van der Waals surface area contributed by atoms with Crippen LogP contribution in [0.5, 0.6) is 5.75 Å². The van der Waals surface area contributed by atoms with Crippen molar-refractivity contribution in [3.05, 3.63) is 67.7 Å². The number of nitrogens with two attached hydrogens (primary N) is 1. The summed E-state index contributed by atoms with van der Waals surface area (Å²) in [6.07, 6.45) is -3.98. The van der Waals surface area contributed by atoms with Crippen LogP contribution in [0.25, 0.3) is 10.9 Å². The Morgan fingerprint density at radius 1 is 1.14 bits per heavy atom. The first-order chi connectivity index (χ1) is 20.1. The van der Waals surface area contributed by atoms with Gasteiger partial charge in [0, 0.05) is 48.0 Å². The first-order valence-corrected chi connectivity index (χ1v) is 13.9. The average molecular weight is 646 g/mol. The van der Waals surface area contributed by atoms with Crippen LogP contribution in [0.3, 0.4) is 0 Å². The number of amides is 2. The van der Waals surface area contributed by atoms with E-state index in [0.29, 0.717) is 15.2 Å². The molecule has 3 aromatic rings. The van der Waals surface area contributed by atoms with Gasteiger partial charge in [-0.3, -0.25) is 19.3 Å². The lowest BCUT2D eigenvalue weighted by Crippen LogP contribution is -2.58. The van der Waals surface area contributed by atoms with Crippen molar-refractivity contribution in [1.29, 1.82) is 0 Å². The number of aromatic nitrogens is 1. The third kappa shape index (κ3) is 7.00. The van der Waals surface area contributed by atoms with Crippen molar-refractivity contribution in [2.45, 2.75) is 45.2 Å². The summed E-state index contributed by atoms with van der Waals surface area (Å²) in [6.45, 7) is 2.22. The maximum atomic E-state index is 15.8. The fourth-order valence-corrected chi connectivity index (χ4v) is 5.90. The Hall–Kier alpha value is -3.55. The number of benzene rings is 2. The highest BCUT2D eigenvalue weighted by Crippen LogP contribution is 2.40. The Balaban J connectivity index is 1.82. The third-order valence-electron chi connectivity index (χ3n) is 7.25. The first-order valence-electron chi connectivity index (χ1n) is 13.1. The molecule has 2 amide bonds. The molecule has 0 aliphatic carbocycles. The van der Waals surface area contributed by atoms with E-state index in [1.54, 1.807) is 24.8 Å². The molecule has 2 aromatic carbocycles. The number of alkyl halides is 3. The van der Waals surface area contributed by atoms with Gasteiger partial charge in [0.05, 0.1) is 24.6 Å². The molecule has 1 saturated heterocycles. The van der Waals surface area contributed by atoms with Crippen molar-refractivity contribution in [2.24, 2.45) is 5.73 Å². The van der Waals surface area contributed by atoms with Crippen molar-refractivity contribution < 1.29 is 31.9 Å². The van der Waals surface area contributed by atoms with E-state index in [9.17, 15) is 27.6 Å². The number of hydrogen-bond donors (Lipinski definition) is 2. The fourth-order valence-electron chi connectivity index (χ4n) is 5.42. The van der Waals surface area contributed by atoms with Gasteiger partial charge in [-0.2, -0.15) is 13.2 Å². The van der Waals surface area contributed by atoms with Crippen molar-refractivity contribution in [3.63, 3.8) is 0 Å². The van der Waals surface area contributed by atoms with E-state index in [-0.39, 0.29) is 60.2 Å². The number of anilines is 1. The van der Waals surface area contributed by atoms with Crippen LogP contribution in [-0.2, 0) is 17.9 Å². The summed E-state index contributed by atoms with van der Waals surface area (Å²) in [4.78, 5) is 41.5. The van der Waals surface area contributed by atoms with E-state index in [1.165, 1.54) is 12.1 Å². The van der Waals surface area contributed by atoms with Gasteiger partial charge in [-0.05, 0) is 37.6 Å². The zero-order valence-corrected chi connectivity index (χ0v) is 24.9. The molecule has 0 unspecified atom stereocenters. The molecule has 15 heteroatoms. The smallest absolute Gasteiger partial charge is 0.406 e. The van der Waals surface area contributed by atoms with Crippen LogP contribution < -0.4 is 26.1 Å². The summed E-state index contributed by atoms with van der Waals surface area (Å²) in [5.74, 6) is -2.73. The molecular weight excluding hydrogens is 617 g/mol. The van der Waals surface area contributed by atoms with E-state index >= 15 is 4.39 Å². The number of fused-ring (bicyclic) bond motifs is 1. The van der Waals surface area contributed by atoms with E-state index in [0.717, 1.165) is 19.4 Å². The number of hydrogen-bond acceptors (Lipinski definition) is 6. The molecule has 0 bridgehead atoms. The molecule has 2 atom stereocenters. The van der Waals surface area contributed by atoms with Gasteiger partial charge in [0.15, 0.2) is 11.6 Å². The zero-order chi connectivity index (χ0) is 31.8. The number of piperazine rings is 1. The molecule has 0 radical (unpaired) electrons.